The Morgan fingerprint density at radius 3 is 2.10 bits per heavy atom. The average molecular weight is 884 g/mol. The molecule has 0 radical (unpaired) electrons. The van der Waals surface area contributed by atoms with E-state index >= 15 is 0 Å². The van der Waals surface area contributed by atoms with Gasteiger partial charge in [0.25, 0.3) is 30.4 Å². The molecule has 3 rings (SSSR count). The first kappa shape index (κ1) is 49.6. The Morgan fingerprint density at radius 1 is 0.847 bits per heavy atom. The fourth-order valence-electron chi connectivity index (χ4n) is 7.16. The van der Waals surface area contributed by atoms with E-state index in [9.17, 15) is 43.7 Å². The number of benzene rings is 2. The van der Waals surface area contributed by atoms with Crippen LogP contribution in [0.4, 0.5) is 5.69 Å². The number of hydrogen-bond donors (Lipinski definition) is 4. The number of nitrogens with zero attached hydrogens (tertiary/aromatic N) is 1. The van der Waals surface area contributed by atoms with Gasteiger partial charge in [0.05, 0.1) is 42.0 Å². The Bertz CT molecular complexity index is 2220. The number of ether oxygens (including phenoxy) is 3. The summed E-state index contributed by atoms with van der Waals surface area (Å²) >= 11 is 0. The van der Waals surface area contributed by atoms with E-state index in [2.05, 4.69) is 6.58 Å². The molecular weight excluding hydrogens is 827 g/mol. The van der Waals surface area contributed by atoms with E-state index in [0.29, 0.717) is 86.7 Å². The summed E-state index contributed by atoms with van der Waals surface area (Å²) in [6, 6.07) is 8.60. The molecule has 0 spiro atoms. The third-order valence-electron chi connectivity index (χ3n) is 10.5. The number of fused-ring (bicyclic) bond motifs is 1. The second kappa shape index (κ2) is 21.7. The Labute approximate surface area is 348 Å². The lowest BCUT2D eigenvalue weighted by molar-refractivity contribution is -0.137. The van der Waals surface area contributed by atoms with Crippen molar-refractivity contribution >= 4 is 42.0 Å². The number of aryl methyl sites for hydroxylation is 1. The molecule has 1 aliphatic rings. The van der Waals surface area contributed by atoms with Gasteiger partial charge in [-0.15, -0.1) is 0 Å². The molecule has 2 aromatic rings. The SMILES string of the molecule is C=C(/C=C/C=C/C=C1/N(CCCCCC(=O)O)c2ccc(S(=O)(=O)O)cc2C1(C)CCCS(=O)(=O)O)C(C)(CCOCCOCCOC)c1cc(S(=O)(=O)O)ccc1C. The molecule has 2 aromatic carbocycles. The van der Waals surface area contributed by atoms with Crippen LogP contribution in [0.15, 0.2) is 94.4 Å². The smallest absolute Gasteiger partial charge is 0.303 e. The van der Waals surface area contributed by atoms with Crippen molar-refractivity contribution in [3.8, 4) is 0 Å². The van der Waals surface area contributed by atoms with Crippen molar-refractivity contribution in [1.82, 2.24) is 0 Å². The molecule has 328 valence electrons. The molecule has 0 saturated heterocycles. The van der Waals surface area contributed by atoms with Crippen molar-refractivity contribution in [3.05, 3.63) is 101 Å². The van der Waals surface area contributed by atoms with Crippen LogP contribution < -0.4 is 4.90 Å². The van der Waals surface area contributed by atoms with Crippen LogP contribution in [0.1, 0.15) is 75.5 Å². The molecule has 1 heterocycles. The molecule has 1 aliphatic heterocycles. The molecule has 18 heteroatoms. The van der Waals surface area contributed by atoms with E-state index in [4.69, 9.17) is 19.3 Å². The second-order valence-electron chi connectivity index (χ2n) is 14.8. The lowest BCUT2D eigenvalue weighted by atomic mass is 9.72. The molecule has 59 heavy (non-hydrogen) atoms. The molecule has 2 atom stereocenters. The summed E-state index contributed by atoms with van der Waals surface area (Å²) in [6.45, 7) is 12.1. The van der Waals surface area contributed by atoms with Crippen LogP contribution in [0.25, 0.3) is 0 Å². The van der Waals surface area contributed by atoms with Gasteiger partial charge in [0, 0.05) is 48.9 Å². The molecular formula is C41H57NO14S3. The van der Waals surface area contributed by atoms with E-state index < -0.39 is 52.9 Å². The number of methoxy groups -OCH3 is 1. The van der Waals surface area contributed by atoms with Crippen molar-refractivity contribution in [2.45, 2.75) is 86.3 Å². The predicted molar refractivity (Wildman–Crippen MR) is 225 cm³/mol. The minimum Gasteiger partial charge on any atom is -0.481 e. The van der Waals surface area contributed by atoms with Crippen LogP contribution >= 0.6 is 0 Å². The number of hydrogen-bond acceptors (Lipinski definition) is 11. The number of allylic oxidation sites excluding steroid dienone is 7. The van der Waals surface area contributed by atoms with Crippen LogP contribution in [-0.4, -0.2) is 102 Å². The van der Waals surface area contributed by atoms with E-state index in [0.717, 1.165) is 5.56 Å². The van der Waals surface area contributed by atoms with Crippen LogP contribution in [0.3, 0.4) is 0 Å². The number of carboxylic acids is 1. The maximum absolute atomic E-state index is 12.2. The van der Waals surface area contributed by atoms with Gasteiger partial charge < -0.3 is 24.2 Å². The minimum absolute atomic E-state index is 0.00655. The number of anilines is 1. The number of rotatable bonds is 26. The third kappa shape index (κ3) is 14.5. The van der Waals surface area contributed by atoms with Crippen LogP contribution in [0.2, 0.25) is 0 Å². The van der Waals surface area contributed by atoms with Gasteiger partial charge in [-0.3, -0.25) is 18.5 Å². The monoisotopic (exact) mass is 883 g/mol. The van der Waals surface area contributed by atoms with Gasteiger partial charge in [-0.1, -0.05) is 50.3 Å². The molecule has 15 nitrogen and oxygen atoms in total. The normalized spacial score (nSPS) is 17.9. The Hall–Kier alpha value is -3.72. The standard InChI is InChI=1S/C41H57NO14S3/c1-31-16-17-33(58(48,49)50)29-35(31)40(3,21-23-55-26-27-56-25-24-54-5)32(2)13-8-6-9-14-38-41(4,20-12-28-57(45,46)47)36-30-34(59(51,52)53)18-19-37(36)42(38)22-11-7-10-15-39(43)44/h6,8-9,13-14,16-19,29-30H,2,7,10-12,15,20-28H2,1,3-5H3,(H,43,44)(H,45,46,47)(H,48,49,50)(H,51,52,53)/b9-6+,13-8+,38-14+. The zero-order valence-corrected chi connectivity index (χ0v) is 36.5. The van der Waals surface area contributed by atoms with Crippen molar-refractivity contribution in [1.29, 1.82) is 0 Å². The van der Waals surface area contributed by atoms with Crippen LogP contribution in [-0.2, 0) is 60.2 Å². The number of aliphatic carboxylic acids is 1. The van der Waals surface area contributed by atoms with Gasteiger partial charge in [0.2, 0.25) is 0 Å². The summed E-state index contributed by atoms with van der Waals surface area (Å²) in [4.78, 5) is 12.5. The fourth-order valence-corrected chi connectivity index (χ4v) is 8.68. The largest absolute Gasteiger partial charge is 0.481 e. The average Bonchev–Trinajstić information content (AvgIpc) is 3.36. The van der Waals surface area contributed by atoms with Gasteiger partial charge in [0.1, 0.15) is 0 Å². The summed E-state index contributed by atoms with van der Waals surface area (Å²) in [5.74, 6) is -1.44. The molecule has 0 aromatic heterocycles. The van der Waals surface area contributed by atoms with E-state index in [1.54, 1.807) is 43.5 Å². The van der Waals surface area contributed by atoms with Crippen LogP contribution in [0.5, 0.6) is 0 Å². The molecule has 0 fully saturated rings. The number of carboxylic acid groups (broad SMARTS) is 1. The van der Waals surface area contributed by atoms with Gasteiger partial charge in [-0.2, -0.15) is 25.3 Å². The highest BCUT2D eigenvalue weighted by Crippen LogP contribution is 2.51. The molecule has 0 bridgehead atoms. The lowest BCUT2D eigenvalue weighted by Crippen LogP contribution is -2.30. The molecule has 0 saturated carbocycles. The maximum Gasteiger partial charge on any atom is 0.303 e. The fraction of sp³-hybridized carbons (Fsp3) is 0.488. The summed E-state index contributed by atoms with van der Waals surface area (Å²) in [6.07, 6.45) is 11.0. The molecule has 4 N–H and O–H groups in total. The van der Waals surface area contributed by atoms with Gasteiger partial charge in [0.15, 0.2) is 0 Å². The Morgan fingerprint density at radius 2 is 1.47 bits per heavy atom. The predicted octanol–water partition coefficient (Wildman–Crippen LogP) is 6.46. The molecule has 0 amide bonds. The minimum atomic E-state index is -4.60. The van der Waals surface area contributed by atoms with Crippen LogP contribution in [0, 0.1) is 6.92 Å². The van der Waals surface area contributed by atoms with Crippen molar-refractivity contribution in [2.24, 2.45) is 0 Å². The first-order valence-electron chi connectivity index (χ1n) is 19.1. The first-order chi connectivity index (χ1) is 27.5. The molecule has 2 unspecified atom stereocenters. The van der Waals surface area contributed by atoms with Crippen molar-refractivity contribution in [3.63, 3.8) is 0 Å². The zero-order chi connectivity index (χ0) is 44.1. The zero-order valence-electron chi connectivity index (χ0n) is 34.0. The van der Waals surface area contributed by atoms with Gasteiger partial charge in [-0.25, -0.2) is 0 Å². The summed E-state index contributed by atoms with van der Waals surface area (Å²) in [5, 5.41) is 9.10. The highest BCUT2D eigenvalue weighted by molar-refractivity contribution is 7.86. The Balaban J connectivity index is 2.01. The second-order valence-corrected chi connectivity index (χ2v) is 19.2. The van der Waals surface area contributed by atoms with E-state index in [1.807, 2.05) is 31.7 Å². The van der Waals surface area contributed by atoms with E-state index in [1.165, 1.54) is 24.3 Å². The highest BCUT2D eigenvalue weighted by atomic mass is 32.2. The summed E-state index contributed by atoms with van der Waals surface area (Å²) in [5.41, 5.74) is 2.01. The Kier molecular flexibility index (Phi) is 18.3. The molecule has 0 aliphatic carbocycles. The highest BCUT2D eigenvalue weighted by Gasteiger charge is 2.43. The maximum atomic E-state index is 12.2. The lowest BCUT2D eigenvalue weighted by Gasteiger charge is -2.33. The summed E-state index contributed by atoms with van der Waals surface area (Å²) < 4.78 is 118. The van der Waals surface area contributed by atoms with Gasteiger partial charge >= 0.3 is 5.97 Å². The quantitative estimate of drug-likeness (QED) is 0.0451. The topological polar surface area (TPSA) is 231 Å². The summed E-state index contributed by atoms with van der Waals surface area (Å²) in [7, 11) is -11.8. The van der Waals surface area contributed by atoms with Gasteiger partial charge in [-0.05, 0) is 105 Å². The third-order valence-corrected chi connectivity index (χ3v) is 13.0. The number of unbranched alkanes of at least 4 members (excludes halogenated alkanes) is 2. The van der Waals surface area contributed by atoms with Crippen molar-refractivity contribution < 1.29 is 63.0 Å². The van der Waals surface area contributed by atoms with Crippen molar-refractivity contribution in [2.75, 3.05) is 57.3 Å². The first-order valence-corrected chi connectivity index (χ1v) is 23.6. The van der Waals surface area contributed by atoms with E-state index in [-0.39, 0.29) is 35.7 Å². The number of carbonyl (C=O) groups is 1.